The van der Waals surface area contributed by atoms with Crippen LogP contribution in [0.15, 0.2) is 55.0 Å². The van der Waals surface area contributed by atoms with Crippen molar-refractivity contribution in [2.24, 2.45) is 5.73 Å². The largest absolute Gasteiger partial charge is 0.488 e. The highest BCUT2D eigenvalue weighted by molar-refractivity contribution is 5.92. The monoisotopic (exact) mass is 485 g/mol. The Labute approximate surface area is 207 Å². The lowest BCUT2D eigenvalue weighted by Crippen LogP contribution is -2.56. The summed E-state index contributed by atoms with van der Waals surface area (Å²) in [6.07, 6.45) is 7.13. The van der Waals surface area contributed by atoms with Crippen LogP contribution in [-0.4, -0.2) is 56.9 Å². The van der Waals surface area contributed by atoms with E-state index in [1.54, 1.807) is 16.6 Å². The van der Waals surface area contributed by atoms with Crippen molar-refractivity contribution in [3.63, 3.8) is 0 Å². The summed E-state index contributed by atoms with van der Waals surface area (Å²) in [5.41, 5.74) is 9.51. The molecular formula is C26H27N7O3. The average Bonchev–Trinajstić information content (AvgIpc) is 3.27. The summed E-state index contributed by atoms with van der Waals surface area (Å²) in [4.78, 5) is 20.0. The normalized spacial score (nSPS) is 21.3. The molecule has 36 heavy (non-hydrogen) atoms. The molecule has 0 spiro atoms. The fourth-order valence-electron chi connectivity index (χ4n) is 4.90. The van der Waals surface area contributed by atoms with Crippen LogP contribution in [0.1, 0.15) is 28.9 Å². The van der Waals surface area contributed by atoms with Crippen molar-refractivity contribution in [3.8, 4) is 16.9 Å². The van der Waals surface area contributed by atoms with Crippen LogP contribution in [0, 0.1) is 6.92 Å². The zero-order valence-corrected chi connectivity index (χ0v) is 19.8. The molecule has 0 aliphatic carbocycles. The first-order chi connectivity index (χ1) is 17.5. The van der Waals surface area contributed by atoms with Gasteiger partial charge in [0.25, 0.3) is 0 Å². The van der Waals surface area contributed by atoms with E-state index in [9.17, 15) is 4.79 Å². The smallest absolute Gasteiger partial charge is 0.250 e. The number of rotatable bonds is 6. The zero-order chi connectivity index (χ0) is 24.6. The molecule has 2 unspecified atom stereocenters. The molecule has 0 saturated carbocycles. The van der Waals surface area contributed by atoms with Gasteiger partial charge in [-0.2, -0.15) is 5.10 Å². The van der Waals surface area contributed by atoms with Crippen LogP contribution in [0.25, 0.3) is 16.6 Å². The Morgan fingerprint density at radius 1 is 1.11 bits per heavy atom. The maximum Gasteiger partial charge on any atom is 0.250 e. The van der Waals surface area contributed by atoms with Gasteiger partial charge in [0.1, 0.15) is 17.7 Å². The molecule has 2 fully saturated rings. The maximum absolute atomic E-state index is 11.3. The van der Waals surface area contributed by atoms with Gasteiger partial charge >= 0.3 is 0 Å². The van der Waals surface area contributed by atoms with E-state index in [1.807, 2.05) is 31.5 Å². The second-order valence-electron chi connectivity index (χ2n) is 9.37. The molecule has 10 nitrogen and oxygen atoms in total. The van der Waals surface area contributed by atoms with Crippen LogP contribution in [-0.2, 0) is 4.74 Å². The molecule has 0 aromatic carbocycles. The lowest BCUT2D eigenvalue weighted by Gasteiger charge is -2.40. The van der Waals surface area contributed by atoms with Gasteiger partial charge in [-0.25, -0.2) is 9.50 Å². The van der Waals surface area contributed by atoms with Gasteiger partial charge < -0.3 is 25.8 Å². The second-order valence-corrected chi connectivity index (χ2v) is 9.37. The molecule has 6 heterocycles. The number of hydrogen-bond donors (Lipinski definition) is 3. The molecule has 184 valence electrons. The van der Waals surface area contributed by atoms with E-state index in [4.69, 9.17) is 15.2 Å². The summed E-state index contributed by atoms with van der Waals surface area (Å²) in [5.74, 6) is 1.48. The number of nitrogens with zero attached hydrogens (tertiary/aromatic N) is 4. The molecule has 2 atom stereocenters. The molecule has 4 aromatic rings. The van der Waals surface area contributed by atoms with E-state index in [2.05, 4.69) is 37.8 Å². The van der Waals surface area contributed by atoms with E-state index >= 15 is 0 Å². The van der Waals surface area contributed by atoms with Crippen molar-refractivity contribution in [1.82, 2.24) is 24.9 Å². The van der Waals surface area contributed by atoms with E-state index in [-0.39, 0.29) is 6.10 Å². The summed E-state index contributed by atoms with van der Waals surface area (Å²) < 4.78 is 14.0. The Hall–Kier alpha value is -4.02. The van der Waals surface area contributed by atoms with Crippen LogP contribution >= 0.6 is 0 Å². The van der Waals surface area contributed by atoms with Gasteiger partial charge in [0.15, 0.2) is 5.82 Å². The number of aromatic nitrogens is 4. The number of morpholine rings is 1. The van der Waals surface area contributed by atoms with Crippen molar-refractivity contribution >= 4 is 23.1 Å². The lowest BCUT2D eigenvalue weighted by atomic mass is 9.94. The number of anilines is 2. The molecule has 2 bridgehead atoms. The highest BCUT2D eigenvalue weighted by Crippen LogP contribution is 2.34. The number of piperidine rings is 1. The van der Waals surface area contributed by atoms with Crippen LogP contribution in [0.4, 0.5) is 11.6 Å². The quantitative estimate of drug-likeness (QED) is 0.380. The van der Waals surface area contributed by atoms with Gasteiger partial charge in [-0.15, -0.1) is 0 Å². The predicted molar refractivity (Wildman–Crippen MR) is 134 cm³/mol. The number of fused-ring (bicyclic) bond motifs is 3. The van der Waals surface area contributed by atoms with Crippen molar-refractivity contribution < 1.29 is 14.3 Å². The van der Waals surface area contributed by atoms with Gasteiger partial charge in [0.05, 0.1) is 30.5 Å². The average molecular weight is 486 g/mol. The minimum atomic E-state index is -0.513. The first-order valence-electron chi connectivity index (χ1n) is 12.0. The van der Waals surface area contributed by atoms with Gasteiger partial charge in [-0.1, -0.05) is 0 Å². The number of pyridine rings is 3. The van der Waals surface area contributed by atoms with Gasteiger partial charge in [-0.3, -0.25) is 9.78 Å². The molecule has 2 aliphatic rings. The van der Waals surface area contributed by atoms with Crippen LogP contribution in [0.3, 0.4) is 0 Å². The molecule has 4 N–H and O–H groups in total. The molecule has 4 aromatic heterocycles. The Bertz CT molecular complexity index is 1410. The maximum atomic E-state index is 11.3. The van der Waals surface area contributed by atoms with E-state index in [1.165, 1.54) is 6.20 Å². The van der Waals surface area contributed by atoms with Gasteiger partial charge in [-0.05, 0) is 42.8 Å². The van der Waals surface area contributed by atoms with E-state index < -0.39 is 5.91 Å². The third-order valence-corrected chi connectivity index (χ3v) is 6.58. The summed E-state index contributed by atoms with van der Waals surface area (Å²) >= 11 is 0. The van der Waals surface area contributed by atoms with Crippen molar-refractivity contribution in [3.05, 3.63) is 66.2 Å². The number of primary amides is 1. The van der Waals surface area contributed by atoms with Gasteiger partial charge in [0.2, 0.25) is 5.91 Å². The SMILES string of the molecule is Cc1cc(-c2ccn3nc(Nc4ccc(C(N)=O)cn4)cc3c2)c(OC2CC3COCC(C2)N3)cn1. The topological polar surface area (TPSA) is 129 Å². The molecule has 2 aliphatic heterocycles. The molecule has 6 rings (SSSR count). The third kappa shape index (κ3) is 4.60. The minimum absolute atomic E-state index is 0.122. The molecular weight excluding hydrogens is 458 g/mol. The highest BCUT2D eigenvalue weighted by Gasteiger charge is 2.33. The summed E-state index contributed by atoms with van der Waals surface area (Å²) in [6.45, 7) is 3.44. The molecule has 10 heteroatoms. The van der Waals surface area contributed by atoms with Crippen LogP contribution in [0.5, 0.6) is 5.75 Å². The number of aryl methyl sites for hydroxylation is 1. The third-order valence-electron chi connectivity index (χ3n) is 6.58. The number of carbonyl (C=O) groups is 1. The number of amides is 1. The Kier molecular flexibility index (Phi) is 5.74. The first-order valence-corrected chi connectivity index (χ1v) is 12.0. The van der Waals surface area contributed by atoms with Crippen LogP contribution < -0.4 is 21.1 Å². The number of carbonyl (C=O) groups excluding carboxylic acids is 1. The van der Waals surface area contributed by atoms with Crippen molar-refractivity contribution in [2.75, 3.05) is 18.5 Å². The van der Waals surface area contributed by atoms with E-state index in [0.717, 1.165) is 54.1 Å². The van der Waals surface area contributed by atoms with Crippen molar-refractivity contribution in [2.45, 2.75) is 38.0 Å². The Balaban J connectivity index is 1.25. The summed E-state index contributed by atoms with van der Waals surface area (Å²) in [7, 11) is 0. The fourth-order valence-corrected chi connectivity index (χ4v) is 4.90. The number of nitrogens with two attached hydrogens (primary N) is 1. The molecule has 2 saturated heterocycles. The lowest BCUT2D eigenvalue weighted by molar-refractivity contribution is -0.0122. The van der Waals surface area contributed by atoms with Crippen molar-refractivity contribution in [1.29, 1.82) is 0 Å². The van der Waals surface area contributed by atoms with Gasteiger partial charge in [0, 0.05) is 54.6 Å². The summed E-state index contributed by atoms with van der Waals surface area (Å²) in [6, 6.07) is 12.1. The fraction of sp³-hybridized carbons (Fsp3) is 0.308. The minimum Gasteiger partial charge on any atom is -0.488 e. The number of ether oxygens (including phenoxy) is 2. The highest BCUT2D eigenvalue weighted by atomic mass is 16.5. The molecule has 0 radical (unpaired) electrons. The number of nitrogens with one attached hydrogen (secondary N) is 2. The Morgan fingerprint density at radius 2 is 1.94 bits per heavy atom. The second kappa shape index (κ2) is 9.21. The summed E-state index contributed by atoms with van der Waals surface area (Å²) in [5, 5.41) is 11.4. The number of hydrogen-bond acceptors (Lipinski definition) is 8. The molecule has 1 amide bonds. The standard InChI is InChI=1S/C26H27N7O3/c1-15-6-22(23(12-28-15)36-21-8-18-13-35-14-19(9-21)30-18)16-4-5-33-20(7-16)10-25(32-33)31-24-3-2-17(11-29-24)26(27)34/h2-7,10-12,18-19,21,30H,8-9,13-14H2,1H3,(H2,27,34)(H,29,31,32). The zero-order valence-electron chi connectivity index (χ0n) is 19.8. The predicted octanol–water partition coefficient (Wildman–Crippen LogP) is 2.84. The van der Waals surface area contributed by atoms with E-state index in [0.29, 0.717) is 29.3 Å². The first kappa shape index (κ1) is 22.4. The Morgan fingerprint density at radius 3 is 2.69 bits per heavy atom. The van der Waals surface area contributed by atoms with Crippen LogP contribution in [0.2, 0.25) is 0 Å².